The number of ketones is 1. The van der Waals surface area contributed by atoms with E-state index in [0.29, 0.717) is 29.1 Å². The average molecular weight is 290 g/mol. The van der Waals surface area contributed by atoms with Gasteiger partial charge in [0.15, 0.2) is 11.5 Å². The normalized spacial score (nSPS) is 25.5. The van der Waals surface area contributed by atoms with Gasteiger partial charge in [0, 0.05) is 30.5 Å². The first kappa shape index (κ1) is 14.3. The first-order valence-electron chi connectivity index (χ1n) is 7.77. The van der Waals surface area contributed by atoms with E-state index in [9.17, 15) is 9.59 Å². The number of fused-ring (bicyclic) bond motifs is 1. The van der Waals surface area contributed by atoms with E-state index in [0.717, 1.165) is 32.2 Å². The Kier molecular flexibility index (Phi) is 3.85. The Morgan fingerprint density at radius 3 is 2.86 bits per heavy atom. The topological polar surface area (TPSA) is 71.3 Å². The van der Waals surface area contributed by atoms with E-state index >= 15 is 0 Å². The van der Waals surface area contributed by atoms with E-state index in [1.165, 1.54) is 0 Å². The Morgan fingerprint density at radius 1 is 1.33 bits per heavy atom. The molecule has 1 amide bonds. The predicted molar refractivity (Wildman–Crippen MR) is 78.7 cm³/mol. The molecule has 1 aliphatic carbocycles. The van der Waals surface area contributed by atoms with E-state index in [1.54, 1.807) is 0 Å². The molecule has 1 aromatic heterocycles. The van der Waals surface area contributed by atoms with Gasteiger partial charge in [-0.2, -0.15) is 0 Å². The first-order valence-corrected chi connectivity index (χ1v) is 7.77. The molecule has 2 aliphatic rings. The van der Waals surface area contributed by atoms with Crippen molar-refractivity contribution in [3.63, 3.8) is 0 Å². The summed E-state index contributed by atoms with van der Waals surface area (Å²) in [6, 6.07) is 0.373. The summed E-state index contributed by atoms with van der Waals surface area (Å²) < 4.78 is 5.69. The minimum Gasteiger partial charge on any atom is -0.455 e. The molecule has 0 spiro atoms. The number of carbonyl (C=O) groups is 2. The summed E-state index contributed by atoms with van der Waals surface area (Å²) in [6.07, 6.45) is 4.14. The molecule has 0 radical (unpaired) electrons. The van der Waals surface area contributed by atoms with Crippen LogP contribution in [0.3, 0.4) is 0 Å². The van der Waals surface area contributed by atoms with Crippen molar-refractivity contribution in [1.29, 1.82) is 0 Å². The van der Waals surface area contributed by atoms with Crippen LogP contribution in [0.25, 0.3) is 0 Å². The van der Waals surface area contributed by atoms with Gasteiger partial charge in [-0.05, 0) is 39.7 Å². The van der Waals surface area contributed by atoms with Gasteiger partial charge in [-0.3, -0.25) is 9.59 Å². The van der Waals surface area contributed by atoms with Gasteiger partial charge in [-0.1, -0.05) is 0 Å². The maximum absolute atomic E-state index is 12.5. The molecule has 1 fully saturated rings. The molecule has 0 saturated carbocycles. The highest BCUT2D eigenvalue weighted by Crippen LogP contribution is 2.29. The highest BCUT2D eigenvalue weighted by atomic mass is 16.4. The number of nitrogens with one attached hydrogen (secondary N) is 2. The quantitative estimate of drug-likeness (QED) is 0.873. The van der Waals surface area contributed by atoms with Gasteiger partial charge in [-0.25, -0.2) is 0 Å². The van der Waals surface area contributed by atoms with Gasteiger partial charge in [-0.15, -0.1) is 0 Å². The monoisotopic (exact) mass is 290 g/mol. The van der Waals surface area contributed by atoms with E-state index in [2.05, 4.69) is 17.6 Å². The number of hydrogen-bond donors (Lipinski definition) is 2. The Balaban J connectivity index is 1.80. The molecule has 2 N–H and O–H groups in total. The van der Waals surface area contributed by atoms with Crippen molar-refractivity contribution in [3.05, 3.63) is 22.6 Å². The molecule has 21 heavy (non-hydrogen) atoms. The van der Waals surface area contributed by atoms with Crippen LogP contribution in [0.5, 0.6) is 0 Å². The highest BCUT2D eigenvalue weighted by Gasteiger charge is 2.30. The second-order valence-corrected chi connectivity index (χ2v) is 6.10. The number of carbonyl (C=O) groups excluding carboxylic acids is 2. The molecular weight excluding hydrogens is 268 g/mol. The van der Waals surface area contributed by atoms with Gasteiger partial charge >= 0.3 is 0 Å². The Hall–Kier alpha value is -1.62. The van der Waals surface area contributed by atoms with Crippen LogP contribution in [0.4, 0.5) is 0 Å². The molecule has 1 saturated heterocycles. The summed E-state index contributed by atoms with van der Waals surface area (Å²) in [5.74, 6) is 0.899. The number of rotatable bonds is 2. The van der Waals surface area contributed by atoms with E-state index in [4.69, 9.17) is 4.42 Å². The number of furan rings is 1. The fourth-order valence-electron chi connectivity index (χ4n) is 3.34. The van der Waals surface area contributed by atoms with Crippen LogP contribution in [0.2, 0.25) is 0 Å². The number of hydrogen-bond acceptors (Lipinski definition) is 4. The lowest BCUT2D eigenvalue weighted by atomic mass is 9.94. The molecule has 2 heterocycles. The van der Waals surface area contributed by atoms with Crippen molar-refractivity contribution < 1.29 is 14.0 Å². The van der Waals surface area contributed by atoms with Crippen LogP contribution in [0.1, 0.15) is 64.8 Å². The van der Waals surface area contributed by atoms with Crippen molar-refractivity contribution >= 4 is 11.7 Å². The SMILES string of the molecule is Cc1c(C(=O)NC2CCCNC2C)oc2c1C(=O)CCC2. The van der Waals surface area contributed by atoms with Crippen molar-refractivity contribution in [2.75, 3.05) is 6.54 Å². The number of piperidine rings is 1. The number of Topliss-reactive ketones (excluding diaryl/α,β-unsaturated/α-hetero) is 1. The highest BCUT2D eigenvalue weighted by molar-refractivity contribution is 6.03. The molecule has 114 valence electrons. The van der Waals surface area contributed by atoms with Crippen LogP contribution in [-0.2, 0) is 6.42 Å². The summed E-state index contributed by atoms with van der Waals surface area (Å²) in [7, 11) is 0. The predicted octanol–water partition coefficient (Wildman–Crippen LogP) is 1.98. The average Bonchev–Trinajstić information content (AvgIpc) is 2.80. The standard InChI is InChI=1S/C16H22N2O3/c1-9-14-12(19)6-3-7-13(14)21-15(9)16(20)18-11-5-4-8-17-10(11)2/h10-11,17H,3-8H2,1-2H3,(H,18,20). The van der Waals surface area contributed by atoms with Gasteiger partial charge < -0.3 is 15.1 Å². The third-order valence-electron chi connectivity index (χ3n) is 4.59. The molecule has 5 heteroatoms. The van der Waals surface area contributed by atoms with Crippen molar-refractivity contribution in [2.24, 2.45) is 0 Å². The Labute approximate surface area is 124 Å². The van der Waals surface area contributed by atoms with Crippen LogP contribution < -0.4 is 10.6 Å². The zero-order valence-electron chi connectivity index (χ0n) is 12.6. The molecule has 0 aromatic carbocycles. The molecule has 1 aliphatic heterocycles. The molecule has 3 rings (SSSR count). The maximum Gasteiger partial charge on any atom is 0.287 e. The Morgan fingerprint density at radius 2 is 2.14 bits per heavy atom. The number of amides is 1. The second-order valence-electron chi connectivity index (χ2n) is 6.10. The number of aryl methyl sites for hydroxylation is 1. The minimum atomic E-state index is -0.199. The van der Waals surface area contributed by atoms with Crippen LogP contribution >= 0.6 is 0 Å². The third kappa shape index (κ3) is 2.62. The van der Waals surface area contributed by atoms with Crippen LogP contribution in [0.15, 0.2) is 4.42 Å². The minimum absolute atomic E-state index is 0.101. The zero-order chi connectivity index (χ0) is 15.0. The lowest BCUT2D eigenvalue weighted by molar-refractivity contribution is 0.0886. The third-order valence-corrected chi connectivity index (χ3v) is 4.59. The molecule has 2 atom stereocenters. The van der Waals surface area contributed by atoms with E-state index in [1.807, 2.05) is 6.92 Å². The summed E-state index contributed by atoms with van der Waals surface area (Å²) >= 11 is 0. The largest absolute Gasteiger partial charge is 0.455 e. The maximum atomic E-state index is 12.5. The molecule has 1 aromatic rings. The van der Waals surface area contributed by atoms with Gasteiger partial charge in [0.05, 0.1) is 5.56 Å². The first-order chi connectivity index (χ1) is 10.1. The summed E-state index contributed by atoms with van der Waals surface area (Å²) in [5, 5.41) is 6.40. The van der Waals surface area contributed by atoms with Gasteiger partial charge in [0.1, 0.15) is 5.76 Å². The molecule has 0 bridgehead atoms. The summed E-state index contributed by atoms with van der Waals surface area (Å²) in [6.45, 7) is 4.88. The second kappa shape index (κ2) is 5.64. The van der Waals surface area contributed by atoms with Crippen LogP contribution in [0, 0.1) is 6.92 Å². The summed E-state index contributed by atoms with van der Waals surface area (Å²) in [4.78, 5) is 24.4. The Bertz CT molecular complexity index is 576. The zero-order valence-corrected chi connectivity index (χ0v) is 12.6. The fourth-order valence-corrected chi connectivity index (χ4v) is 3.34. The van der Waals surface area contributed by atoms with Crippen LogP contribution in [-0.4, -0.2) is 30.3 Å². The van der Waals surface area contributed by atoms with Gasteiger partial charge in [0.25, 0.3) is 5.91 Å². The van der Waals surface area contributed by atoms with E-state index in [-0.39, 0.29) is 23.8 Å². The van der Waals surface area contributed by atoms with Crippen molar-refractivity contribution in [2.45, 2.75) is 58.0 Å². The van der Waals surface area contributed by atoms with E-state index < -0.39 is 0 Å². The van der Waals surface area contributed by atoms with Crippen molar-refractivity contribution in [1.82, 2.24) is 10.6 Å². The molecule has 2 unspecified atom stereocenters. The van der Waals surface area contributed by atoms with Gasteiger partial charge in [0.2, 0.25) is 0 Å². The van der Waals surface area contributed by atoms with Crippen molar-refractivity contribution in [3.8, 4) is 0 Å². The molecular formula is C16H22N2O3. The smallest absolute Gasteiger partial charge is 0.287 e. The summed E-state index contributed by atoms with van der Waals surface area (Å²) in [5.41, 5.74) is 1.34. The lowest BCUT2D eigenvalue weighted by Crippen LogP contribution is -2.51. The lowest BCUT2D eigenvalue weighted by Gasteiger charge is -2.30. The fraction of sp³-hybridized carbons (Fsp3) is 0.625. The molecule has 5 nitrogen and oxygen atoms in total.